The first-order valence-corrected chi connectivity index (χ1v) is 9.41. The largest absolute Gasteiger partial charge is 0.356 e. The van der Waals surface area contributed by atoms with Crippen molar-refractivity contribution in [2.45, 2.75) is 52.9 Å². The number of carbonyl (C=O) groups is 1. The Morgan fingerprint density at radius 1 is 1.20 bits per heavy atom. The minimum Gasteiger partial charge on any atom is -0.356 e. The number of carbonyl (C=O) groups excluding carboxylic acids is 1. The number of unbranched alkanes of at least 4 members (excludes halogenated alkanes) is 1. The van der Waals surface area contributed by atoms with Crippen LogP contribution >= 0.6 is 0 Å². The van der Waals surface area contributed by atoms with Crippen LogP contribution in [0, 0.1) is 16.7 Å². The molecule has 1 aliphatic carbocycles. The molecular formula is C15H27NO3S. The SMILES string of the molecule is CC(C)(C)CCCCNC(=O)C1CC2(C1)CS(=O)(=O)C2. The van der Waals surface area contributed by atoms with Crippen LogP contribution < -0.4 is 5.32 Å². The van der Waals surface area contributed by atoms with Crippen LogP contribution in [0.3, 0.4) is 0 Å². The molecule has 2 rings (SSSR count). The maximum absolute atomic E-state index is 11.9. The summed E-state index contributed by atoms with van der Waals surface area (Å²) in [6.45, 7) is 7.43. The summed E-state index contributed by atoms with van der Waals surface area (Å²) in [6.07, 6.45) is 4.86. The van der Waals surface area contributed by atoms with Gasteiger partial charge in [0.05, 0.1) is 11.5 Å². The summed E-state index contributed by atoms with van der Waals surface area (Å²) in [4.78, 5) is 11.9. The normalized spacial score (nSPS) is 23.9. The molecule has 0 aromatic rings. The van der Waals surface area contributed by atoms with Gasteiger partial charge >= 0.3 is 0 Å². The zero-order chi connectivity index (χ0) is 15.0. The molecule has 5 heteroatoms. The third-order valence-corrected chi connectivity index (χ3v) is 6.54. The average molecular weight is 301 g/mol. The van der Waals surface area contributed by atoms with Gasteiger partial charge in [-0.15, -0.1) is 0 Å². The predicted octanol–water partition coefficient (Wildman–Crippen LogP) is 2.14. The van der Waals surface area contributed by atoms with Crippen molar-refractivity contribution in [1.82, 2.24) is 5.32 Å². The highest BCUT2D eigenvalue weighted by molar-refractivity contribution is 7.92. The number of hydrogen-bond acceptors (Lipinski definition) is 3. The van der Waals surface area contributed by atoms with Gasteiger partial charge in [-0.25, -0.2) is 8.42 Å². The molecule has 0 aromatic heterocycles. The minimum absolute atomic E-state index is 0.0346. The Hall–Kier alpha value is -0.580. The van der Waals surface area contributed by atoms with Gasteiger partial charge in [0.2, 0.25) is 5.91 Å². The van der Waals surface area contributed by atoms with Gasteiger partial charge < -0.3 is 5.32 Å². The van der Waals surface area contributed by atoms with Crippen molar-refractivity contribution in [1.29, 1.82) is 0 Å². The first-order chi connectivity index (χ1) is 9.11. The minimum atomic E-state index is -2.77. The summed E-state index contributed by atoms with van der Waals surface area (Å²) in [5, 5.41) is 2.99. The maximum atomic E-state index is 11.9. The highest BCUT2D eigenvalue weighted by Crippen LogP contribution is 2.53. The molecule has 0 aromatic carbocycles. The second-order valence-corrected chi connectivity index (χ2v) is 10.0. The molecule has 116 valence electrons. The van der Waals surface area contributed by atoms with E-state index < -0.39 is 9.84 Å². The van der Waals surface area contributed by atoms with Crippen LogP contribution in [0.2, 0.25) is 0 Å². The van der Waals surface area contributed by atoms with Gasteiger partial charge in [0.1, 0.15) is 0 Å². The van der Waals surface area contributed by atoms with Crippen molar-refractivity contribution in [3.05, 3.63) is 0 Å². The highest BCUT2D eigenvalue weighted by Gasteiger charge is 2.57. The van der Waals surface area contributed by atoms with E-state index in [1.807, 2.05) is 0 Å². The third-order valence-electron chi connectivity index (χ3n) is 4.43. The van der Waals surface area contributed by atoms with E-state index in [0.717, 1.165) is 32.2 Å². The van der Waals surface area contributed by atoms with E-state index in [2.05, 4.69) is 26.1 Å². The van der Waals surface area contributed by atoms with Crippen molar-refractivity contribution >= 4 is 15.7 Å². The molecule has 1 N–H and O–H groups in total. The molecule has 2 fully saturated rings. The number of hydrogen-bond donors (Lipinski definition) is 1. The Morgan fingerprint density at radius 3 is 2.30 bits per heavy atom. The lowest BCUT2D eigenvalue weighted by atomic mass is 9.63. The van der Waals surface area contributed by atoms with E-state index in [1.165, 1.54) is 6.42 Å². The molecular weight excluding hydrogens is 274 g/mol. The molecule has 1 amide bonds. The summed E-state index contributed by atoms with van der Waals surface area (Å²) in [5.74, 6) is 0.772. The molecule has 1 saturated carbocycles. The standard InChI is InChI=1S/C15H27NO3S/c1-14(2,3)6-4-5-7-16-13(17)12-8-15(9-12)10-20(18,19)11-15/h12H,4-11H2,1-3H3,(H,16,17). The zero-order valence-corrected chi connectivity index (χ0v) is 13.7. The van der Waals surface area contributed by atoms with Crippen LogP contribution in [0.1, 0.15) is 52.9 Å². The van der Waals surface area contributed by atoms with Crippen LogP contribution in [0.15, 0.2) is 0 Å². The molecule has 1 aliphatic heterocycles. The van der Waals surface area contributed by atoms with Crippen molar-refractivity contribution in [2.75, 3.05) is 18.1 Å². The molecule has 0 unspecified atom stereocenters. The van der Waals surface area contributed by atoms with Crippen LogP contribution in [0.25, 0.3) is 0 Å². The molecule has 1 saturated heterocycles. The lowest BCUT2D eigenvalue weighted by Gasteiger charge is -2.52. The number of amides is 1. The van der Waals surface area contributed by atoms with E-state index >= 15 is 0 Å². The van der Waals surface area contributed by atoms with Gasteiger partial charge in [-0.3, -0.25) is 4.79 Å². The topological polar surface area (TPSA) is 63.2 Å². The third kappa shape index (κ3) is 3.96. The summed E-state index contributed by atoms with van der Waals surface area (Å²) in [5.41, 5.74) is 0.327. The molecule has 1 heterocycles. The molecule has 2 aliphatic rings. The maximum Gasteiger partial charge on any atom is 0.223 e. The zero-order valence-electron chi connectivity index (χ0n) is 12.9. The monoisotopic (exact) mass is 301 g/mol. The molecule has 0 atom stereocenters. The lowest BCUT2D eigenvalue weighted by molar-refractivity contribution is -0.131. The highest BCUT2D eigenvalue weighted by atomic mass is 32.2. The van der Waals surface area contributed by atoms with Crippen LogP contribution in [0.5, 0.6) is 0 Å². The molecule has 0 bridgehead atoms. The number of sulfone groups is 1. The summed E-state index contributed by atoms with van der Waals surface area (Å²) in [7, 11) is -2.77. The molecule has 20 heavy (non-hydrogen) atoms. The molecule has 0 radical (unpaired) electrons. The number of nitrogens with one attached hydrogen (secondary N) is 1. The smallest absolute Gasteiger partial charge is 0.223 e. The fraction of sp³-hybridized carbons (Fsp3) is 0.933. The van der Waals surface area contributed by atoms with Crippen molar-refractivity contribution in [2.24, 2.45) is 16.7 Å². The molecule has 4 nitrogen and oxygen atoms in total. The average Bonchev–Trinajstić information content (AvgIpc) is 2.19. The van der Waals surface area contributed by atoms with Gasteiger partial charge in [0.15, 0.2) is 9.84 Å². The Labute approximate surface area is 122 Å². The Bertz CT molecular complexity index is 456. The first kappa shape index (κ1) is 15.8. The number of rotatable bonds is 5. The summed E-state index contributed by atoms with van der Waals surface area (Å²) in [6, 6.07) is 0. The second-order valence-electron chi connectivity index (χ2n) is 7.95. The summed E-state index contributed by atoms with van der Waals surface area (Å²) < 4.78 is 22.4. The Morgan fingerprint density at radius 2 is 1.80 bits per heavy atom. The van der Waals surface area contributed by atoms with Crippen LogP contribution in [0.4, 0.5) is 0 Å². The van der Waals surface area contributed by atoms with Crippen molar-refractivity contribution < 1.29 is 13.2 Å². The lowest BCUT2D eigenvalue weighted by Crippen LogP contribution is -2.59. The predicted molar refractivity (Wildman–Crippen MR) is 80.1 cm³/mol. The molecule has 1 spiro atoms. The van der Waals surface area contributed by atoms with Gasteiger partial charge in [0, 0.05) is 12.5 Å². The fourth-order valence-electron chi connectivity index (χ4n) is 3.43. The van der Waals surface area contributed by atoms with E-state index in [9.17, 15) is 13.2 Å². The first-order valence-electron chi connectivity index (χ1n) is 7.59. The van der Waals surface area contributed by atoms with Crippen LogP contribution in [-0.2, 0) is 14.6 Å². The van der Waals surface area contributed by atoms with Gasteiger partial charge in [-0.05, 0) is 36.5 Å². The quantitative estimate of drug-likeness (QED) is 0.791. The van der Waals surface area contributed by atoms with Gasteiger partial charge in [0.25, 0.3) is 0 Å². The van der Waals surface area contributed by atoms with Gasteiger partial charge in [-0.2, -0.15) is 0 Å². The van der Waals surface area contributed by atoms with Crippen molar-refractivity contribution in [3.8, 4) is 0 Å². The van der Waals surface area contributed by atoms with Crippen molar-refractivity contribution in [3.63, 3.8) is 0 Å². The Kier molecular flexibility index (Phi) is 4.20. The fourth-order valence-corrected chi connectivity index (χ4v) is 5.69. The second kappa shape index (κ2) is 5.32. The van der Waals surface area contributed by atoms with E-state index in [-0.39, 0.29) is 17.2 Å². The Balaban J connectivity index is 1.57. The summed E-state index contributed by atoms with van der Waals surface area (Å²) >= 11 is 0. The van der Waals surface area contributed by atoms with Gasteiger partial charge in [-0.1, -0.05) is 27.2 Å². The van der Waals surface area contributed by atoms with E-state index in [0.29, 0.717) is 16.9 Å². The van der Waals surface area contributed by atoms with Crippen LogP contribution in [-0.4, -0.2) is 32.4 Å². The van der Waals surface area contributed by atoms with E-state index in [4.69, 9.17) is 0 Å². The van der Waals surface area contributed by atoms with E-state index in [1.54, 1.807) is 0 Å².